The van der Waals surface area contributed by atoms with E-state index in [4.69, 9.17) is 9.47 Å². The summed E-state index contributed by atoms with van der Waals surface area (Å²) in [5, 5.41) is 0. The Labute approximate surface area is 141 Å². The number of hydrogen-bond acceptors (Lipinski definition) is 4. The molecule has 0 N–H and O–H groups in total. The van der Waals surface area contributed by atoms with Crippen LogP contribution < -0.4 is 4.74 Å². The lowest BCUT2D eigenvalue weighted by Crippen LogP contribution is -2.48. The number of rotatable bonds is 4. The summed E-state index contributed by atoms with van der Waals surface area (Å²) >= 11 is 0. The molecule has 3 aliphatic heterocycles. The van der Waals surface area contributed by atoms with Crippen molar-refractivity contribution in [3.05, 3.63) is 29.8 Å². The lowest BCUT2D eigenvalue weighted by atomic mass is 10.1. The molecular weight excluding hydrogens is 308 g/mol. The van der Waals surface area contributed by atoms with E-state index in [-0.39, 0.29) is 17.9 Å². The number of carbonyl (C=O) groups is 2. The normalized spacial score (nSPS) is 28.2. The predicted octanol–water partition coefficient (Wildman–Crippen LogP) is 1.65. The SMILES string of the molecule is CCCOc1ccccc1C(=O)N1CC[C@@]23OCCN2C(=O)C[C@@H]13. The minimum absolute atomic E-state index is 0.0753. The van der Waals surface area contributed by atoms with Crippen LogP contribution in [0.1, 0.15) is 36.5 Å². The molecule has 3 saturated heterocycles. The van der Waals surface area contributed by atoms with Gasteiger partial charge in [-0.15, -0.1) is 0 Å². The molecular formula is C18H22N2O4. The summed E-state index contributed by atoms with van der Waals surface area (Å²) in [7, 11) is 0. The van der Waals surface area contributed by atoms with Crippen LogP contribution in [0.5, 0.6) is 5.75 Å². The summed E-state index contributed by atoms with van der Waals surface area (Å²) in [6.45, 7) is 4.40. The molecule has 0 aliphatic carbocycles. The Kier molecular flexibility index (Phi) is 3.72. The molecule has 3 heterocycles. The highest BCUT2D eigenvalue weighted by atomic mass is 16.5. The highest BCUT2D eigenvalue weighted by Crippen LogP contribution is 2.46. The Bertz CT molecular complexity index is 677. The van der Waals surface area contributed by atoms with Gasteiger partial charge in [0.05, 0.1) is 31.2 Å². The fourth-order valence-corrected chi connectivity index (χ4v) is 4.17. The maximum atomic E-state index is 13.1. The average molecular weight is 330 g/mol. The molecule has 3 fully saturated rings. The fraction of sp³-hybridized carbons (Fsp3) is 0.556. The minimum atomic E-state index is -0.591. The molecule has 2 amide bonds. The molecule has 0 bridgehead atoms. The molecule has 0 aromatic heterocycles. The Morgan fingerprint density at radius 1 is 1.38 bits per heavy atom. The summed E-state index contributed by atoms with van der Waals surface area (Å²) < 4.78 is 11.7. The van der Waals surface area contributed by atoms with Gasteiger partial charge in [-0.25, -0.2) is 0 Å². The Balaban J connectivity index is 1.61. The third kappa shape index (κ3) is 2.13. The van der Waals surface area contributed by atoms with Crippen LogP contribution in [0, 0.1) is 0 Å². The minimum Gasteiger partial charge on any atom is -0.493 e. The van der Waals surface area contributed by atoms with Crippen LogP contribution >= 0.6 is 0 Å². The van der Waals surface area contributed by atoms with Gasteiger partial charge in [0, 0.05) is 19.5 Å². The van der Waals surface area contributed by atoms with Crippen molar-refractivity contribution in [2.24, 2.45) is 0 Å². The smallest absolute Gasteiger partial charge is 0.258 e. The van der Waals surface area contributed by atoms with Gasteiger partial charge in [-0.3, -0.25) is 9.59 Å². The molecule has 4 rings (SSSR count). The van der Waals surface area contributed by atoms with Crippen LogP contribution in [-0.4, -0.2) is 59.7 Å². The third-order valence-corrected chi connectivity index (χ3v) is 5.24. The number of likely N-dealkylation sites (tertiary alicyclic amines) is 1. The summed E-state index contributed by atoms with van der Waals surface area (Å²) in [4.78, 5) is 29.0. The van der Waals surface area contributed by atoms with Crippen molar-refractivity contribution in [1.82, 2.24) is 9.80 Å². The van der Waals surface area contributed by atoms with Crippen LogP contribution in [0.4, 0.5) is 0 Å². The zero-order chi connectivity index (χ0) is 16.7. The number of carbonyl (C=O) groups excluding carboxylic acids is 2. The molecule has 128 valence electrons. The van der Waals surface area contributed by atoms with Crippen molar-refractivity contribution in [2.75, 3.05) is 26.3 Å². The molecule has 0 unspecified atom stereocenters. The molecule has 1 aromatic rings. The zero-order valence-corrected chi connectivity index (χ0v) is 13.9. The quantitative estimate of drug-likeness (QED) is 0.842. The highest BCUT2D eigenvalue weighted by molar-refractivity contribution is 5.98. The number of amides is 2. The van der Waals surface area contributed by atoms with Gasteiger partial charge < -0.3 is 19.3 Å². The molecule has 3 aliphatic rings. The van der Waals surface area contributed by atoms with Gasteiger partial charge in [0.25, 0.3) is 5.91 Å². The standard InChI is InChI=1S/C18H22N2O4/c1-2-10-23-14-6-4-3-5-13(14)17(22)19-8-7-18-15(19)12-16(21)20(18)9-11-24-18/h3-6,15H,2,7-12H2,1H3/t15-,18+/m1/s1. The van der Waals surface area contributed by atoms with Gasteiger partial charge in [-0.2, -0.15) is 0 Å². The second-order valence-corrected chi connectivity index (χ2v) is 6.55. The van der Waals surface area contributed by atoms with E-state index in [0.717, 1.165) is 6.42 Å². The first-order valence-corrected chi connectivity index (χ1v) is 8.64. The van der Waals surface area contributed by atoms with E-state index in [0.29, 0.717) is 50.5 Å². The lowest BCUT2D eigenvalue weighted by Gasteiger charge is -2.31. The van der Waals surface area contributed by atoms with Gasteiger partial charge in [-0.1, -0.05) is 19.1 Å². The molecule has 24 heavy (non-hydrogen) atoms. The summed E-state index contributed by atoms with van der Waals surface area (Å²) in [6.07, 6.45) is 1.92. The Morgan fingerprint density at radius 2 is 2.21 bits per heavy atom. The van der Waals surface area contributed by atoms with E-state index in [2.05, 4.69) is 0 Å². The van der Waals surface area contributed by atoms with E-state index in [1.807, 2.05) is 30.0 Å². The molecule has 1 aromatic carbocycles. The molecule has 0 radical (unpaired) electrons. The van der Waals surface area contributed by atoms with E-state index < -0.39 is 5.72 Å². The second-order valence-electron chi connectivity index (χ2n) is 6.55. The third-order valence-electron chi connectivity index (χ3n) is 5.24. The largest absolute Gasteiger partial charge is 0.493 e. The van der Waals surface area contributed by atoms with Gasteiger partial charge >= 0.3 is 0 Å². The number of ether oxygens (including phenoxy) is 2. The number of nitrogens with zero attached hydrogens (tertiary/aromatic N) is 2. The van der Waals surface area contributed by atoms with E-state index >= 15 is 0 Å². The van der Waals surface area contributed by atoms with E-state index in [9.17, 15) is 9.59 Å². The van der Waals surface area contributed by atoms with Crippen molar-refractivity contribution in [2.45, 2.75) is 38.0 Å². The monoisotopic (exact) mass is 330 g/mol. The maximum Gasteiger partial charge on any atom is 0.258 e. The van der Waals surface area contributed by atoms with Crippen LogP contribution in [0.25, 0.3) is 0 Å². The topological polar surface area (TPSA) is 59.1 Å². The predicted molar refractivity (Wildman–Crippen MR) is 86.7 cm³/mol. The number of para-hydroxylation sites is 1. The molecule has 1 spiro atoms. The van der Waals surface area contributed by atoms with Crippen molar-refractivity contribution in [3.8, 4) is 5.75 Å². The van der Waals surface area contributed by atoms with Crippen LogP contribution in [0.2, 0.25) is 0 Å². The summed E-state index contributed by atoms with van der Waals surface area (Å²) in [6, 6.07) is 7.14. The summed E-state index contributed by atoms with van der Waals surface area (Å²) in [5.74, 6) is 0.623. The van der Waals surface area contributed by atoms with Gasteiger partial charge in [0.1, 0.15) is 5.75 Å². The molecule has 0 saturated carbocycles. The first kappa shape index (κ1) is 15.4. The fourth-order valence-electron chi connectivity index (χ4n) is 4.17. The number of benzene rings is 1. The van der Waals surface area contributed by atoms with Gasteiger partial charge in [-0.05, 0) is 18.6 Å². The van der Waals surface area contributed by atoms with E-state index in [1.54, 1.807) is 11.0 Å². The Hall–Kier alpha value is -2.08. The van der Waals surface area contributed by atoms with Crippen molar-refractivity contribution >= 4 is 11.8 Å². The molecule has 6 nitrogen and oxygen atoms in total. The van der Waals surface area contributed by atoms with E-state index in [1.165, 1.54) is 0 Å². The van der Waals surface area contributed by atoms with Crippen LogP contribution in [-0.2, 0) is 9.53 Å². The van der Waals surface area contributed by atoms with Crippen LogP contribution in [0.15, 0.2) is 24.3 Å². The second kappa shape index (κ2) is 5.77. The first-order chi connectivity index (χ1) is 11.7. The number of hydrogen-bond donors (Lipinski definition) is 0. The van der Waals surface area contributed by atoms with Gasteiger partial charge in [0.15, 0.2) is 5.72 Å². The summed E-state index contributed by atoms with van der Waals surface area (Å²) in [5.41, 5.74) is -0.0294. The molecule has 2 atom stereocenters. The zero-order valence-electron chi connectivity index (χ0n) is 13.9. The first-order valence-electron chi connectivity index (χ1n) is 8.64. The molecule has 6 heteroatoms. The lowest BCUT2D eigenvalue weighted by molar-refractivity contribution is -0.136. The van der Waals surface area contributed by atoms with Crippen molar-refractivity contribution < 1.29 is 19.1 Å². The maximum absolute atomic E-state index is 13.1. The average Bonchev–Trinajstić information content (AvgIpc) is 3.24. The Morgan fingerprint density at radius 3 is 3.04 bits per heavy atom. The van der Waals surface area contributed by atoms with Crippen LogP contribution in [0.3, 0.4) is 0 Å². The van der Waals surface area contributed by atoms with Crippen molar-refractivity contribution in [3.63, 3.8) is 0 Å². The highest BCUT2D eigenvalue weighted by Gasteiger charge is 2.63. The van der Waals surface area contributed by atoms with Crippen molar-refractivity contribution in [1.29, 1.82) is 0 Å². The van der Waals surface area contributed by atoms with Gasteiger partial charge in [0.2, 0.25) is 5.91 Å².